The lowest BCUT2D eigenvalue weighted by Crippen LogP contribution is -2.66. The molecule has 1 aliphatic rings. The summed E-state index contributed by atoms with van der Waals surface area (Å²) in [4.78, 5) is 43.6. The summed E-state index contributed by atoms with van der Waals surface area (Å²) in [7, 11) is -3.35. The summed E-state index contributed by atoms with van der Waals surface area (Å²) in [5.74, 6) is -2.65. The van der Waals surface area contributed by atoms with Gasteiger partial charge in [-0.1, -0.05) is 0 Å². The number of aliphatic carboxylic acids is 1. The van der Waals surface area contributed by atoms with E-state index < -0.39 is 45.3 Å². The van der Waals surface area contributed by atoms with E-state index >= 15 is 0 Å². The second-order valence-corrected chi connectivity index (χ2v) is 7.38. The van der Waals surface area contributed by atoms with Crippen molar-refractivity contribution < 1.29 is 27.9 Å². The standard InChI is InChI=1S/C14H17N5O6S/c1-8-3-10(20)19(8)11(13(22)23)14(2,26(24)25)6-17-18-12(21)9-4-15-7-16-5-9/h4-8,11,26H,3H2,1-2H3,(H,18,21)(H,22,23)/b17-6+/t8-,11+,14+/m1/s1. The zero-order valence-corrected chi connectivity index (χ0v) is 14.8. The Morgan fingerprint density at radius 2 is 2.08 bits per heavy atom. The molecule has 12 heteroatoms. The number of rotatable bonds is 7. The molecule has 2 heterocycles. The van der Waals surface area contributed by atoms with Crippen molar-refractivity contribution in [2.24, 2.45) is 5.10 Å². The molecular weight excluding hydrogens is 366 g/mol. The molecule has 1 aromatic heterocycles. The minimum absolute atomic E-state index is 0.0826. The van der Waals surface area contributed by atoms with Gasteiger partial charge in [-0.15, -0.1) is 0 Å². The zero-order chi connectivity index (χ0) is 19.5. The number of aromatic nitrogens is 2. The van der Waals surface area contributed by atoms with E-state index in [9.17, 15) is 27.9 Å². The number of carbonyl (C=O) groups is 3. The summed E-state index contributed by atoms with van der Waals surface area (Å²) in [6.45, 7) is 2.74. The summed E-state index contributed by atoms with van der Waals surface area (Å²) in [5.41, 5.74) is 2.17. The predicted molar refractivity (Wildman–Crippen MR) is 89.1 cm³/mol. The maximum absolute atomic E-state index is 11.9. The highest BCUT2D eigenvalue weighted by Gasteiger charge is 2.52. The van der Waals surface area contributed by atoms with E-state index in [-0.39, 0.29) is 12.0 Å². The summed E-state index contributed by atoms with van der Waals surface area (Å²) in [5, 5.41) is 13.1. The number of carbonyl (C=O) groups excluding carboxylic acids is 2. The third-order valence-electron chi connectivity index (χ3n) is 4.01. The van der Waals surface area contributed by atoms with Crippen molar-refractivity contribution in [2.45, 2.75) is 37.1 Å². The number of β-lactam (4-membered cyclic amide) rings is 1. The smallest absolute Gasteiger partial charge is 0.328 e. The Morgan fingerprint density at radius 3 is 2.54 bits per heavy atom. The lowest BCUT2D eigenvalue weighted by atomic mass is 9.92. The first-order valence-corrected chi connectivity index (χ1v) is 8.64. The number of carboxylic acids is 1. The molecule has 140 valence electrons. The summed E-state index contributed by atoms with van der Waals surface area (Å²) < 4.78 is 21.5. The average Bonchev–Trinajstić information content (AvgIpc) is 2.59. The molecule has 2 N–H and O–H groups in total. The number of hydrazone groups is 1. The van der Waals surface area contributed by atoms with Crippen LogP contribution < -0.4 is 5.43 Å². The largest absolute Gasteiger partial charge is 0.480 e. The van der Waals surface area contributed by atoms with Gasteiger partial charge in [-0.2, -0.15) is 5.10 Å². The van der Waals surface area contributed by atoms with Gasteiger partial charge in [0.1, 0.15) is 11.1 Å². The molecule has 11 nitrogen and oxygen atoms in total. The zero-order valence-electron chi connectivity index (χ0n) is 13.9. The normalized spacial score (nSPS) is 20.5. The number of hydrogen-bond donors (Lipinski definition) is 3. The topological polar surface area (TPSA) is 159 Å². The van der Waals surface area contributed by atoms with Crippen molar-refractivity contribution in [3.05, 3.63) is 24.3 Å². The van der Waals surface area contributed by atoms with Gasteiger partial charge >= 0.3 is 5.97 Å². The lowest BCUT2D eigenvalue weighted by Gasteiger charge is -2.45. The van der Waals surface area contributed by atoms with E-state index in [1.165, 1.54) is 18.7 Å². The fourth-order valence-corrected chi connectivity index (χ4v) is 3.15. The molecule has 0 spiro atoms. The molecule has 1 saturated heterocycles. The SMILES string of the molecule is C[C@@H]1CC(=O)N1[C@@H](C(=O)O)[C@](C)(/C=N/NC(=O)c1cncnc1)[SH](=O)=O. The highest BCUT2D eigenvalue weighted by Crippen LogP contribution is 2.29. The molecule has 0 bridgehead atoms. The lowest BCUT2D eigenvalue weighted by molar-refractivity contribution is -0.161. The number of likely N-dealkylation sites (tertiary alicyclic amines) is 1. The third kappa shape index (κ3) is 3.69. The van der Waals surface area contributed by atoms with E-state index in [2.05, 4.69) is 20.5 Å². The summed E-state index contributed by atoms with van der Waals surface area (Å²) in [6, 6.07) is -2.08. The maximum Gasteiger partial charge on any atom is 0.328 e. The van der Waals surface area contributed by atoms with Crippen LogP contribution >= 0.6 is 0 Å². The monoisotopic (exact) mass is 383 g/mol. The van der Waals surface area contributed by atoms with Crippen LogP contribution in [0.3, 0.4) is 0 Å². The third-order valence-corrected chi connectivity index (χ3v) is 5.15. The van der Waals surface area contributed by atoms with Crippen LogP contribution in [0, 0.1) is 0 Å². The van der Waals surface area contributed by atoms with Crippen LogP contribution in [0.5, 0.6) is 0 Å². The van der Waals surface area contributed by atoms with Crippen LogP contribution in [-0.2, 0) is 20.3 Å². The Morgan fingerprint density at radius 1 is 1.46 bits per heavy atom. The van der Waals surface area contributed by atoms with Gasteiger partial charge in [0.05, 0.1) is 5.56 Å². The molecule has 2 amide bonds. The Hall–Kier alpha value is -2.89. The number of amides is 2. The van der Waals surface area contributed by atoms with Crippen molar-refractivity contribution in [3.63, 3.8) is 0 Å². The van der Waals surface area contributed by atoms with Gasteiger partial charge in [0.15, 0.2) is 16.7 Å². The molecule has 0 radical (unpaired) electrons. The van der Waals surface area contributed by atoms with Crippen LogP contribution in [0.15, 0.2) is 23.8 Å². The molecule has 26 heavy (non-hydrogen) atoms. The highest BCUT2D eigenvalue weighted by atomic mass is 32.2. The van der Waals surface area contributed by atoms with Crippen LogP contribution in [0.2, 0.25) is 0 Å². The van der Waals surface area contributed by atoms with Crippen molar-refractivity contribution in [1.82, 2.24) is 20.3 Å². The first-order valence-electron chi connectivity index (χ1n) is 7.46. The summed E-state index contributed by atoms with van der Waals surface area (Å²) in [6.07, 6.45) is 4.62. The number of carboxylic acid groups (broad SMARTS) is 1. The van der Waals surface area contributed by atoms with Gasteiger partial charge in [0, 0.05) is 31.1 Å². The average molecular weight is 383 g/mol. The van der Waals surface area contributed by atoms with Crippen LogP contribution in [0.25, 0.3) is 0 Å². The van der Waals surface area contributed by atoms with Gasteiger partial charge in [0.2, 0.25) is 5.91 Å². The molecule has 0 aliphatic carbocycles. The van der Waals surface area contributed by atoms with Crippen molar-refractivity contribution in [1.29, 1.82) is 0 Å². The number of nitrogens with one attached hydrogen (secondary N) is 1. The number of thiol groups is 1. The van der Waals surface area contributed by atoms with Gasteiger partial charge in [-0.05, 0) is 13.8 Å². The Balaban J connectivity index is 2.26. The number of hydrogen-bond acceptors (Lipinski definition) is 8. The van der Waals surface area contributed by atoms with E-state index in [1.807, 2.05) is 0 Å². The molecule has 0 aromatic carbocycles. The minimum atomic E-state index is -3.35. The quantitative estimate of drug-likeness (QED) is 0.225. The second kappa shape index (κ2) is 7.56. The number of nitrogens with zero attached hydrogens (tertiary/aromatic N) is 4. The first kappa shape index (κ1) is 19.4. The van der Waals surface area contributed by atoms with E-state index in [0.29, 0.717) is 0 Å². The van der Waals surface area contributed by atoms with Gasteiger partial charge in [-0.3, -0.25) is 9.59 Å². The minimum Gasteiger partial charge on any atom is -0.480 e. The second-order valence-electron chi connectivity index (χ2n) is 5.90. The van der Waals surface area contributed by atoms with Gasteiger partial charge in [-0.25, -0.2) is 28.6 Å². The Bertz CT molecular complexity index is 818. The van der Waals surface area contributed by atoms with E-state index in [0.717, 1.165) is 18.0 Å². The van der Waals surface area contributed by atoms with Gasteiger partial charge < -0.3 is 10.0 Å². The van der Waals surface area contributed by atoms with Crippen molar-refractivity contribution >= 4 is 34.7 Å². The molecular formula is C14H17N5O6S. The molecule has 0 unspecified atom stereocenters. The van der Waals surface area contributed by atoms with Crippen LogP contribution in [0.1, 0.15) is 30.6 Å². The fraction of sp³-hybridized carbons (Fsp3) is 0.429. The molecule has 3 atom stereocenters. The van der Waals surface area contributed by atoms with E-state index in [1.54, 1.807) is 6.92 Å². The molecule has 1 aromatic rings. The Labute approximate surface area is 150 Å². The van der Waals surface area contributed by atoms with Crippen LogP contribution in [0.4, 0.5) is 0 Å². The fourth-order valence-electron chi connectivity index (χ4n) is 2.56. The first-order chi connectivity index (χ1) is 12.2. The van der Waals surface area contributed by atoms with Gasteiger partial charge in [0.25, 0.3) is 5.91 Å². The van der Waals surface area contributed by atoms with E-state index in [4.69, 9.17) is 0 Å². The molecule has 1 aliphatic heterocycles. The predicted octanol–water partition coefficient (Wildman–Crippen LogP) is -1.36. The molecule has 2 rings (SSSR count). The Kier molecular flexibility index (Phi) is 5.65. The highest BCUT2D eigenvalue weighted by molar-refractivity contribution is 7.75. The van der Waals surface area contributed by atoms with Crippen molar-refractivity contribution in [3.8, 4) is 0 Å². The molecule has 0 saturated carbocycles. The van der Waals surface area contributed by atoms with Crippen molar-refractivity contribution in [2.75, 3.05) is 0 Å². The summed E-state index contributed by atoms with van der Waals surface area (Å²) >= 11 is 0. The van der Waals surface area contributed by atoms with Crippen LogP contribution in [-0.4, -0.2) is 69.2 Å². The molecule has 1 fully saturated rings. The maximum atomic E-state index is 11.9.